The second kappa shape index (κ2) is 5.71. The summed E-state index contributed by atoms with van der Waals surface area (Å²) in [5, 5.41) is 9.27. The van der Waals surface area contributed by atoms with Crippen LogP contribution in [0.2, 0.25) is 0 Å². The fraction of sp³-hybridized carbons (Fsp3) is 0.692. The molecule has 1 fully saturated rings. The highest BCUT2D eigenvalue weighted by atomic mass is 16.5. The monoisotopic (exact) mass is 266 g/mol. The van der Waals surface area contributed by atoms with Crippen molar-refractivity contribution in [2.45, 2.75) is 32.2 Å². The predicted octanol–water partition coefficient (Wildman–Crippen LogP) is 0.474. The Bertz CT molecular complexity index is 431. The molecule has 1 aromatic heterocycles. The summed E-state index contributed by atoms with van der Waals surface area (Å²) in [6.45, 7) is 5.99. The van der Waals surface area contributed by atoms with Gasteiger partial charge >= 0.3 is 0 Å². The molecule has 0 spiro atoms. The molecule has 1 aromatic rings. The Kier molecular flexibility index (Phi) is 4.21. The molecule has 1 aliphatic rings. The molecule has 6 nitrogen and oxygen atoms in total. The quantitative estimate of drug-likeness (QED) is 0.824. The molecule has 6 heteroatoms. The topological polar surface area (TPSA) is 84.5 Å². The first-order chi connectivity index (χ1) is 9.06. The van der Waals surface area contributed by atoms with Crippen LogP contribution in [0, 0.1) is 6.92 Å². The van der Waals surface area contributed by atoms with Crippen molar-refractivity contribution < 1.29 is 9.84 Å². The molecule has 2 heterocycles. The van der Waals surface area contributed by atoms with Crippen LogP contribution in [0.1, 0.15) is 25.5 Å². The lowest BCUT2D eigenvalue weighted by Crippen LogP contribution is -2.53. The number of anilines is 1. The normalized spacial score (nSPS) is 18.4. The van der Waals surface area contributed by atoms with Crippen molar-refractivity contribution >= 4 is 5.95 Å². The molecule has 0 amide bonds. The van der Waals surface area contributed by atoms with Gasteiger partial charge in [0.2, 0.25) is 11.8 Å². The van der Waals surface area contributed by atoms with Gasteiger partial charge < -0.3 is 20.5 Å². The third-order valence-electron chi connectivity index (χ3n) is 3.47. The Hall–Kier alpha value is -1.40. The first-order valence-corrected chi connectivity index (χ1v) is 6.69. The lowest BCUT2D eigenvalue weighted by molar-refractivity contribution is 0.169. The summed E-state index contributed by atoms with van der Waals surface area (Å²) in [4.78, 5) is 10.9. The lowest BCUT2D eigenvalue weighted by Gasteiger charge is -2.38. The summed E-state index contributed by atoms with van der Waals surface area (Å²) in [5.74, 6) is 1.29. The highest BCUT2D eigenvalue weighted by Gasteiger charge is 2.31. The van der Waals surface area contributed by atoms with Crippen LogP contribution in [0.5, 0.6) is 5.88 Å². The molecule has 0 aromatic carbocycles. The Morgan fingerprint density at radius 1 is 1.42 bits per heavy atom. The summed E-state index contributed by atoms with van der Waals surface area (Å²) < 4.78 is 5.44. The van der Waals surface area contributed by atoms with E-state index in [1.165, 1.54) is 0 Å². The van der Waals surface area contributed by atoms with Crippen LogP contribution in [0.4, 0.5) is 5.95 Å². The second-order valence-electron chi connectivity index (χ2n) is 5.09. The van der Waals surface area contributed by atoms with E-state index in [-0.39, 0.29) is 6.61 Å². The van der Waals surface area contributed by atoms with Gasteiger partial charge in [0, 0.05) is 30.4 Å². The highest BCUT2D eigenvalue weighted by Crippen LogP contribution is 2.23. The van der Waals surface area contributed by atoms with Gasteiger partial charge in [0.25, 0.3) is 0 Å². The molecule has 0 saturated carbocycles. The Labute approximate surface area is 113 Å². The number of piperidine rings is 1. The van der Waals surface area contributed by atoms with Crippen molar-refractivity contribution in [2.24, 2.45) is 5.73 Å². The molecular formula is C13H22N4O2. The SMILES string of the molecule is CCOc1cc(C)nc(N2CCC(N)(CO)CC2)n1. The molecule has 2 rings (SSSR count). The zero-order chi connectivity index (χ0) is 13.9. The first kappa shape index (κ1) is 14.0. The average Bonchev–Trinajstić information content (AvgIpc) is 2.39. The molecule has 0 unspecified atom stereocenters. The van der Waals surface area contributed by atoms with Crippen LogP contribution in [0.3, 0.4) is 0 Å². The first-order valence-electron chi connectivity index (χ1n) is 6.69. The lowest BCUT2D eigenvalue weighted by atomic mass is 9.90. The van der Waals surface area contributed by atoms with E-state index in [0.29, 0.717) is 18.4 Å². The van der Waals surface area contributed by atoms with Crippen LogP contribution in [0.25, 0.3) is 0 Å². The minimum Gasteiger partial charge on any atom is -0.478 e. The molecule has 19 heavy (non-hydrogen) atoms. The van der Waals surface area contributed by atoms with E-state index in [1.807, 2.05) is 19.9 Å². The van der Waals surface area contributed by atoms with Crippen LogP contribution < -0.4 is 15.4 Å². The van der Waals surface area contributed by atoms with Crippen molar-refractivity contribution in [1.82, 2.24) is 9.97 Å². The van der Waals surface area contributed by atoms with Gasteiger partial charge in [-0.25, -0.2) is 4.98 Å². The van der Waals surface area contributed by atoms with E-state index in [2.05, 4.69) is 14.9 Å². The van der Waals surface area contributed by atoms with Crippen molar-refractivity contribution in [2.75, 3.05) is 31.2 Å². The van der Waals surface area contributed by atoms with E-state index >= 15 is 0 Å². The fourth-order valence-electron chi connectivity index (χ4n) is 2.20. The van der Waals surface area contributed by atoms with Crippen molar-refractivity contribution in [3.05, 3.63) is 11.8 Å². The van der Waals surface area contributed by atoms with E-state index in [0.717, 1.165) is 31.6 Å². The van der Waals surface area contributed by atoms with Crippen LogP contribution in [0.15, 0.2) is 6.07 Å². The largest absolute Gasteiger partial charge is 0.478 e. The van der Waals surface area contributed by atoms with E-state index in [4.69, 9.17) is 10.5 Å². The van der Waals surface area contributed by atoms with Gasteiger partial charge in [0.15, 0.2) is 0 Å². The van der Waals surface area contributed by atoms with Gasteiger partial charge in [-0.05, 0) is 26.7 Å². The number of nitrogens with two attached hydrogens (primary N) is 1. The minimum absolute atomic E-state index is 0.0275. The molecule has 0 bridgehead atoms. The number of ether oxygens (including phenoxy) is 1. The summed E-state index contributed by atoms with van der Waals surface area (Å²) in [5.41, 5.74) is 6.50. The van der Waals surface area contributed by atoms with Gasteiger partial charge in [-0.1, -0.05) is 0 Å². The number of aryl methyl sites for hydroxylation is 1. The smallest absolute Gasteiger partial charge is 0.228 e. The van der Waals surface area contributed by atoms with Gasteiger partial charge in [0.1, 0.15) is 0 Å². The van der Waals surface area contributed by atoms with Gasteiger partial charge in [-0.15, -0.1) is 0 Å². The predicted molar refractivity (Wildman–Crippen MR) is 73.4 cm³/mol. The second-order valence-corrected chi connectivity index (χ2v) is 5.09. The van der Waals surface area contributed by atoms with Gasteiger partial charge in [0.05, 0.1) is 13.2 Å². The maximum atomic E-state index is 9.27. The summed E-state index contributed by atoms with van der Waals surface area (Å²) in [6, 6.07) is 1.83. The number of rotatable bonds is 4. The molecule has 106 valence electrons. The summed E-state index contributed by atoms with van der Waals surface area (Å²) in [6.07, 6.45) is 1.48. The Balaban J connectivity index is 2.10. The zero-order valence-electron chi connectivity index (χ0n) is 11.6. The van der Waals surface area contributed by atoms with Crippen LogP contribution >= 0.6 is 0 Å². The zero-order valence-corrected chi connectivity index (χ0v) is 11.6. The van der Waals surface area contributed by atoms with Gasteiger partial charge in [-0.3, -0.25) is 0 Å². The molecule has 0 aliphatic carbocycles. The summed E-state index contributed by atoms with van der Waals surface area (Å²) >= 11 is 0. The standard InChI is InChI=1S/C13H22N4O2/c1-3-19-11-8-10(2)15-12(16-11)17-6-4-13(14,9-18)5-7-17/h8,18H,3-7,9,14H2,1-2H3. The van der Waals surface area contributed by atoms with Crippen LogP contribution in [-0.4, -0.2) is 46.9 Å². The van der Waals surface area contributed by atoms with Crippen molar-refractivity contribution in [1.29, 1.82) is 0 Å². The number of hydrogen-bond donors (Lipinski definition) is 2. The van der Waals surface area contributed by atoms with Crippen molar-refractivity contribution in [3.63, 3.8) is 0 Å². The highest BCUT2D eigenvalue weighted by molar-refractivity contribution is 5.35. The Morgan fingerprint density at radius 2 is 2.11 bits per heavy atom. The van der Waals surface area contributed by atoms with E-state index in [1.54, 1.807) is 0 Å². The molecular weight excluding hydrogens is 244 g/mol. The molecule has 0 radical (unpaired) electrons. The third-order valence-corrected chi connectivity index (χ3v) is 3.47. The molecule has 0 atom stereocenters. The average molecular weight is 266 g/mol. The van der Waals surface area contributed by atoms with E-state index in [9.17, 15) is 5.11 Å². The maximum absolute atomic E-state index is 9.27. The van der Waals surface area contributed by atoms with E-state index < -0.39 is 5.54 Å². The third kappa shape index (κ3) is 3.33. The Morgan fingerprint density at radius 3 is 2.68 bits per heavy atom. The summed E-state index contributed by atoms with van der Waals surface area (Å²) in [7, 11) is 0. The maximum Gasteiger partial charge on any atom is 0.228 e. The fourth-order valence-corrected chi connectivity index (χ4v) is 2.20. The number of nitrogens with zero attached hydrogens (tertiary/aromatic N) is 3. The number of aromatic nitrogens is 2. The number of aliphatic hydroxyl groups is 1. The van der Waals surface area contributed by atoms with Crippen LogP contribution in [-0.2, 0) is 0 Å². The van der Waals surface area contributed by atoms with Gasteiger partial charge in [-0.2, -0.15) is 4.98 Å². The number of hydrogen-bond acceptors (Lipinski definition) is 6. The van der Waals surface area contributed by atoms with Crippen molar-refractivity contribution in [3.8, 4) is 5.88 Å². The minimum atomic E-state index is -0.455. The molecule has 3 N–H and O–H groups in total. The number of aliphatic hydroxyl groups excluding tert-OH is 1. The molecule has 1 aliphatic heterocycles. The molecule has 1 saturated heterocycles.